The summed E-state index contributed by atoms with van der Waals surface area (Å²) in [4.78, 5) is 3.37. The van der Waals surface area contributed by atoms with Gasteiger partial charge in [-0.2, -0.15) is 0 Å². The van der Waals surface area contributed by atoms with Crippen LogP contribution in [0.25, 0.3) is 0 Å². The maximum absolute atomic E-state index is 12.5. The maximum atomic E-state index is 12.5. The first kappa shape index (κ1) is 9.01. The van der Waals surface area contributed by atoms with E-state index in [2.05, 4.69) is 11.6 Å². The average Bonchev–Trinajstić information content (AvgIpc) is 1.87. The zero-order chi connectivity index (χ0) is 8.15. The van der Waals surface area contributed by atoms with Crippen molar-refractivity contribution in [2.45, 2.75) is 6.92 Å². The molecule has 0 radical (unpaired) electrons. The highest BCUT2D eigenvalue weighted by molar-refractivity contribution is 5.77. The fraction of sp³-hybridized carbons (Fsp3) is 0.286. The molecule has 0 atom stereocenters. The largest absolute Gasteiger partial charge is 0.293 e. The van der Waals surface area contributed by atoms with Crippen LogP contribution in [-0.2, 0) is 0 Å². The molecule has 0 aromatic rings. The Bertz CT molecular complexity index is 192. The minimum atomic E-state index is -0.766. The van der Waals surface area contributed by atoms with E-state index in [0.717, 1.165) is 6.21 Å². The molecule has 0 aliphatic carbocycles. The van der Waals surface area contributed by atoms with E-state index in [1.165, 1.54) is 14.0 Å². The molecule has 0 amide bonds. The zero-order valence-corrected chi connectivity index (χ0v) is 5.99. The van der Waals surface area contributed by atoms with Crippen molar-refractivity contribution in [3.63, 3.8) is 0 Å². The Kier molecular flexibility index (Phi) is 3.54. The summed E-state index contributed by atoms with van der Waals surface area (Å²) in [5, 5.41) is 0. The van der Waals surface area contributed by atoms with Crippen LogP contribution in [0.4, 0.5) is 8.78 Å². The molecule has 0 N–H and O–H groups in total. The molecule has 0 saturated heterocycles. The predicted octanol–water partition coefficient (Wildman–Crippen LogP) is 2.41. The van der Waals surface area contributed by atoms with Gasteiger partial charge >= 0.3 is 0 Å². The van der Waals surface area contributed by atoms with Crippen LogP contribution < -0.4 is 0 Å². The van der Waals surface area contributed by atoms with Gasteiger partial charge in [-0.15, -0.1) is 0 Å². The smallest absolute Gasteiger partial charge is 0.146 e. The summed E-state index contributed by atoms with van der Waals surface area (Å²) in [6.45, 7) is 4.24. The van der Waals surface area contributed by atoms with Crippen molar-refractivity contribution >= 4 is 6.21 Å². The van der Waals surface area contributed by atoms with Crippen molar-refractivity contribution in [3.05, 3.63) is 23.8 Å². The molecule has 0 aromatic carbocycles. The van der Waals surface area contributed by atoms with Crippen LogP contribution in [0.1, 0.15) is 6.92 Å². The maximum Gasteiger partial charge on any atom is 0.146 e. The quantitative estimate of drug-likeness (QED) is 0.418. The number of allylic oxidation sites excluding steroid dienone is 3. The Morgan fingerprint density at radius 1 is 1.50 bits per heavy atom. The van der Waals surface area contributed by atoms with E-state index >= 15 is 0 Å². The third-order valence-corrected chi connectivity index (χ3v) is 1.01. The van der Waals surface area contributed by atoms with E-state index < -0.39 is 11.7 Å². The highest BCUT2D eigenvalue weighted by atomic mass is 19.1. The third kappa shape index (κ3) is 2.53. The molecule has 0 aromatic heterocycles. The summed E-state index contributed by atoms with van der Waals surface area (Å²) in [7, 11) is 1.41. The van der Waals surface area contributed by atoms with E-state index in [1.807, 2.05) is 0 Å². The van der Waals surface area contributed by atoms with Gasteiger partial charge in [-0.1, -0.05) is 6.58 Å². The van der Waals surface area contributed by atoms with Gasteiger partial charge in [0.2, 0.25) is 0 Å². The van der Waals surface area contributed by atoms with Crippen molar-refractivity contribution in [1.82, 2.24) is 0 Å². The van der Waals surface area contributed by atoms with Crippen LogP contribution in [0.3, 0.4) is 0 Å². The van der Waals surface area contributed by atoms with Crippen LogP contribution >= 0.6 is 0 Å². The van der Waals surface area contributed by atoms with Gasteiger partial charge in [0.05, 0.1) is 6.21 Å². The van der Waals surface area contributed by atoms with Gasteiger partial charge in [-0.3, -0.25) is 4.99 Å². The van der Waals surface area contributed by atoms with Crippen LogP contribution in [0.15, 0.2) is 28.8 Å². The molecule has 0 aliphatic rings. The second kappa shape index (κ2) is 3.93. The van der Waals surface area contributed by atoms with Crippen LogP contribution in [0, 0.1) is 0 Å². The van der Waals surface area contributed by atoms with Crippen molar-refractivity contribution < 1.29 is 8.78 Å². The van der Waals surface area contributed by atoms with E-state index in [9.17, 15) is 8.78 Å². The third-order valence-electron chi connectivity index (χ3n) is 1.01. The van der Waals surface area contributed by atoms with Gasteiger partial charge in [-0.05, 0) is 6.92 Å². The summed E-state index contributed by atoms with van der Waals surface area (Å²) < 4.78 is 24.6. The lowest BCUT2D eigenvalue weighted by Gasteiger charge is -1.93. The van der Waals surface area contributed by atoms with E-state index in [1.54, 1.807) is 0 Å². The lowest BCUT2D eigenvalue weighted by molar-refractivity contribution is 0.622. The monoisotopic (exact) mass is 145 g/mol. The molecule has 1 nitrogen and oxygen atoms in total. The molecule has 10 heavy (non-hydrogen) atoms. The first-order valence-corrected chi connectivity index (χ1v) is 2.73. The fourth-order valence-corrected chi connectivity index (χ4v) is 0.340. The second-order valence-corrected chi connectivity index (χ2v) is 1.77. The number of nitrogens with zero attached hydrogens (tertiary/aromatic N) is 1. The molecular weight excluding hydrogens is 136 g/mol. The number of aliphatic imine (C=N–C) groups is 1. The highest BCUT2D eigenvalue weighted by Crippen LogP contribution is 2.12. The van der Waals surface area contributed by atoms with E-state index in [4.69, 9.17) is 0 Å². The molecule has 0 unspecified atom stereocenters. The number of rotatable bonds is 2. The molecular formula is C7H9F2N. The molecule has 0 spiro atoms. The van der Waals surface area contributed by atoms with Gasteiger partial charge in [-0.25, -0.2) is 8.78 Å². The summed E-state index contributed by atoms with van der Waals surface area (Å²) in [6, 6.07) is 0. The normalized spacial score (nSPS) is 13.6. The minimum absolute atomic E-state index is 0.106. The first-order chi connectivity index (χ1) is 4.59. The Morgan fingerprint density at radius 2 is 2.00 bits per heavy atom. The molecule has 0 aliphatic heterocycles. The van der Waals surface area contributed by atoms with Crippen LogP contribution in [0.5, 0.6) is 0 Å². The number of hydrogen-bond acceptors (Lipinski definition) is 1. The molecule has 0 saturated carbocycles. The topological polar surface area (TPSA) is 12.4 Å². The fourth-order valence-electron chi connectivity index (χ4n) is 0.340. The van der Waals surface area contributed by atoms with Crippen LogP contribution in [-0.4, -0.2) is 13.3 Å². The second-order valence-electron chi connectivity index (χ2n) is 1.77. The van der Waals surface area contributed by atoms with Crippen molar-refractivity contribution in [1.29, 1.82) is 0 Å². The lowest BCUT2D eigenvalue weighted by Crippen LogP contribution is -1.83. The van der Waals surface area contributed by atoms with Gasteiger partial charge in [0.15, 0.2) is 0 Å². The van der Waals surface area contributed by atoms with Crippen molar-refractivity contribution in [3.8, 4) is 0 Å². The summed E-state index contributed by atoms with van der Waals surface area (Å²) in [6.07, 6.45) is 0.945. The Labute approximate surface area is 58.8 Å². The molecule has 0 rings (SSSR count). The standard InChI is InChI=1S/C7H9F2N/c1-5(6(2)8)7(9)4-10-3/h4H,2H2,1,3H3/b7-5+,10-4-. The van der Waals surface area contributed by atoms with Crippen LogP contribution in [0.2, 0.25) is 0 Å². The average molecular weight is 145 g/mol. The van der Waals surface area contributed by atoms with Gasteiger partial charge < -0.3 is 0 Å². The SMILES string of the molecule is C=C(F)/C(C)=C(F)\C=N/C. The van der Waals surface area contributed by atoms with Crippen molar-refractivity contribution in [2.24, 2.45) is 4.99 Å². The van der Waals surface area contributed by atoms with Crippen molar-refractivity contribution in [2.75, 3.05) is 7.05 Å². The Hall–Kier alpha value is -0.990. The number of hydrogen-bond donors (Lipinski definition) is 0. The highest BCUT2D eigenvalue weighted by Gasteiger charge is 2.00. The first-order valence-electron chi connectivity index (χ1n) is 2.73. The molecule has 56 valence electrons. The number of halogens is 2. The summed E-state index contributed by atoms with van der Waals surface area (Å²) in [5.74, 6) is -1.45. The molecule has 0 bridgehead atoms. The Balaban J connectivity index is 4.50. The molecule has 0 fully saturated rings. The van der Waals surface area contributed by atoms with Gasteiger partial charge in [0, 0.05) is 12.6 Å². The van der Waals surface area contributed by atoms with E-state index in [-0.39, 0.29) is 5.57 Å². The minimum Gasteiger partial charge on any atom is -0.293 e. The molecule has 0 heterocycles. The lowest BCUT2D eigenvalue weighted by atomic mass is 10.2. The van der Waals surface area contributed by atoms with Gasteiger partial charge in [0.1, 0.15) is 11.7 Å². The zero-order valence-electron chi connectivity index (χ0n) is 5.99. The molecule has 3 heteroatoms. The summed E-state index contributed by atoms with van der Waals surface area (Å²) in [5.41, 5.74) is -0.106. The summed E-state index contributed by atoms with van der Waals surface area (Å²) >= 11 is 0. The predicted molar refractivity (Wildman–Crippen MR) is 38.5 cm³/mol. The Morgan fingerprint density at radius 3 is 2.30 bits per heavy atom. The van der Waals surface area contributed by atoms with Gasteiger partial charge in [0.25, 0.3) is 0 Å². The van der Waals surface area contributed by atoms with E-state index in [0.29, 0.717) is 0 Å².